The lowest BCUT2D eigenvalue weighted by atomic mass is 10.0. The van der Waals surface area contributed by atoms with Crippen LogP contribution in [-0.4, -0.2) is 69.8 Å². The van der Waals surface area contributed by atoms with E-state index in [-0.39, 0.29) is 11.6 Å². The van der Waals surface area contributed by atoms with Crippen molar-refractivity contribution in [3.8, 4) is 5.75 Å². The fourth-order valence-electron chi connectivity index (χ4n) is 3.57. The third-order valence-corrected chi connectivity index (χ3v) is 5.03. The molecule has 0 bridgehead atoms. The molecule has 0 N–H and O–H groups in total. The Kier molecular flexibility index (Phi) is 5.58. The average molecular weight is 358 g/mol. The minimum Gasteiger partial charge on any atom is -0.496 e. The van der Waals surface area contributed by atoms with Crippen LogP contribution in [0.2, 0.25) is 0 Å². The molecule has 7 nitrogen and oxygen atoms in total. The summed E-state index contributed by atoms with van der Waals surface area (Å²) in [5, 5.41) is 12.7. The summed E-state index contributed by atoms with van der Waals surface area (Å²) in [4.78, 5) is 4.94. The van der Waals surface area contributed by atoms with Crippen molar-refractivity contribution in [1.29, 1.82) is 0 Å². The van der Waals surface area contributed by atoms with Crippen molar-refractivity contribution in [3.05, 3.63) is 35.7 Å². The maximum atomic E-state index is 5.67. The highest BCUT2D eigenvalue weighted by Crippen LogP contribution is 2.35. The maximum absolute atomic E-state index is 5.67. The second-order valence-electron chi connectivity index (χ2n) is 7.73. The van der Waals surface area contributed by atoms with Gasteiger partial charge in [0.05, 0.1) is 12.6 Å². The van der Waals surface area contributed by atoms with E-state index >= 15 is 0 Å². The van der Waals surface area contributed by atoms with Gasteiger partial charge in [-0.2, -0.15) is 0 Å². The van der Waals surface area contributed by atoms with Crippen LogP contribution in [0.1, 0.15) is 45.1 Å². The number of tetrazole rings is 1. The summed E-state index contributed by atoms with van der Waals surface area (Å²) in [5.74, 6) is 1.74. The van der Waals surface area contributed by atoms with Crippen LogP contribution in [0.25, 0.3) is 0 Å². The molecule has 1 atom stereocenters. The minimum absolute atomic E-state index is 0.0284. The molecule has 1 aliphatic heterocycles. The highest BCUT2D eigenvalue weighted by Gasteiger charge is 2.34. The van der Waals surface area contributed by atoms with Crippen LogP contribution in [0.5, 0.6) is 5.75 Å². The van der Waals surface area contributed by atoms with E-state index in [1.807, 2.05) is 16.8 Å². The summed E-state index contributed by atoms with van der Waals surface area (Å²) < 4.78 is 7.61. The maximum Gasteiger partial charge on any atom is 0.173 e. The Bertz CT molecular complexity index is 715. The summed E-state index contributed by atoms with van der Waals surface area (Å²) >= 11 is 0. The van der Waals surface area contributed by atoms with E-state index in [0.29, 0.717) is 0 Å². The molecule has 0 amide bonds. The van der Waals surface area contributed by atoms with E-state index in [1.165, 1.54) is 0 Å². The smallest absolute Gasteiger partial charge is 0.173 e. The molecule has 1 saturated heterocycles. The number of hydrogen-bond acceptors (Lipinski definition) is 6. The van der Waals surface area contributed by atoms with Gasteiger partial charge in [0.1, 0.15) is 11.8 Å². The number of methoxy groups -OCH3 is 1. The van der Waals surface area contributed by atoms with Crippen LogP contribution in [-0.2, 0) is 5.54 Å². The fraction of sp³-hybridized carbons (Fsp3) is 0.632. The van der Waals surface area contributed by atoms with E-state index < -0.39 is 0 Å². The van der Waals surface area contributed by atoms with Gasteiger partial charge in [-0.05, 0) is 43.8 Å². The largest absolute Gasteiger partial charge is 0.496 e. The zero-order valence-electron chi connectivity index (χ0n) is 16.5. The number of ether oxygens (including phenoxy) is 1. The van der Waals surface area contributed by atoms with Gasteiger partial charge in [-0.15, -0.1) is 5.10 Å². The minimum atomic E-state index is -0.190. The summed E-state index contributed by atoms with van der Waals surface area (Å²) in [6.45, 7) is 13.8. The first kappa shape index (κ1) is 18.8. The third-order valence-electron chi connectivity index (χ3n) is 5.03. The Morgan fingerprint density at radius 3 is 2.42 bits per heavy atom. The van der Waals surface area contributed by atoms with E-state index in [0.717, 1.165) is 49.9 Å². The van der Waals surface area contributed by atoms with Crippen LogP contribution in [0.4, 0.5) is 0 Å². The second-order valence-corrected chi connectivity index (χ2v) is 7.73. The molecule has 2 aromatic rings. The summed E-state index contributed by atoms with van der Waals surface area (Å²) in [7, 11) is 1.72. The molecule has 1 aliphatic rings. The van der Waals surface area contributed by atoms with Crippen molar-refractivity contribution in [2.45, 2.75) is 39.3 Å². The van der Waals surface area contributed by atoms with Gasteiger partial charge in [0, 0.05) is 31.7 Å². The van der Waals surface area contributed by atoms with Crippen molar-refractivity contribution in [1.82, 2.24) is 30.0 Å². The van der Waals surface area contributed by atoms with Crippen molar-refractivity contribution < 1.29 is 4.74 Å². The predicted octanol–water partition coefficient (Wildman–Crippen LogP) is 2.16. The number of nitrogens with zero attached hydrogens (tertiary/aromatic N) is 6. The number of rotatable bonds is 5. The molecule has 26 heavy (non-hydrogen) atoms. The average Bonchev–Trinajstić information content (AvgIpc) is 3.13. The quantitative estimate of drug-likeness (QED) is 0.816. The first-order valence-corrected chi connectivity index (χ1v) is 9.33. The van der Waals surface area contributed by atoms with E-state index in [9.17, 15) is 0 Å². The van der Waals surface area contributed by atoms with E-state index in [1.54, 1.807) is 7.11 Å². The lowest BCUT2D eigenvalue weighted by Gasteiger charge is -2.39. The first-order chi connectivity index (χ1) is 12.5. The van der Waals surface area contributed by atoms with Gasteiger partial charge in [-0.1, -0.05) is 25.1 Å². The van der Waals surface area contributed by atoms with Crippen LogP contribution in [0, 0.1) is 0 Å². The standard InChI is InChI=1S/C19H30N6O/c1-6-23-11-13-24(14-12-23)17(15-9-7-8-10-16(15)26-5)18-20-21-22-25(18)19(2,3)4/h7-10,17H,6,11-14H2,1-5H3/t17-/m1/s1. The Morgan fingerprint density at radius 1 is 1.12 bits per heavy atom. The number of likely N-dealkylation sites (N-methyl/N-ethyl adjacent to an activating group) is 1. The van der Waals surface area contributed by atoms with Gasteiger partial charge in [0.25, 0.3) is 0 Å². The summed E-state index contributed by atoms with van der Waals surface area (Å²) in [6, 6.07) is 8.16. The van der Waals surface area contributed by atoms with Gasteiger partial charge in [0.2, 0.25) is 0 Å². The Morgan fingerprint density at radius 2 is 1.81 bits per heavy atom. The van der Waals surface area contributed by atoms with Crippen LogP contribution in [0.15, 0.2) is 24.3 Å². The molecular formula is C19H30N6O. The fourth-order valence-corrected chi connectivity index (χ4v) is 3.57. The first-order valence-electron chi connectivity index (χ1n) is 9.33. The summed E-state index contributed by atoms with van der Waals surface area (Å²) in [6.07, 6.45) is 0. The normalized spacial score (nSPS) is 18.0. The van der Waals surface area contributed by atoms with Gasteiger partial charge in [-0.25, -0.2) is 4.68 Å². The third kappa shape index (κ3) is 3.73. The molecule has 0 radical (unpaired) electrons. The number of piperazine rings is 1. The molecule has 0 spiro atoms. The zero-order valence-corrected chi connectivity index (χ0v) is 16.5. The SMILES string of the molecule is CCN1CCN([C@H](c2ccccc2OC)c2nnnn2C(C)(C)C)CC1. The van der Waals surface area contributed by atoms with E-state index in [4.69, 9.17) is 4.74 Å². The van der Waals surface area contributed by atoms with Crippen LogP contribution < -0.4 is 4.74 Å². The Balaban J connectivity index is 2.05. The van der Waals surface area contributed by atoms with Gasteiger partial charge >= 0.3 is 0 Å². The van der Waals surface area contributed by atoms with Crippen molar-refractivity contribution in [2.24, 2.45) is 0 Å². The molecular weight excluding hydrogens is 328 g/mol. The van der Waals surface area contributed by atoms with Gasteiger partial charge < -0.3 is 9.64 Å². The Labute approximate surface area is 155 Å². The molecule has 142 valence electrons. The van der Waals surface area contributed by atoms with Crippen LogP contribution >= 0.6 is 0 Å². The molecule has 1 fully saturated rings. The van der Waals surface area contributed by atoms with Crippen molar-refractivity contribution in [3.63, 3.8) is 0 Å². The van der Waals surface area contributed by atoms with Crippen molar-refractivity contribution >= 4 is 0 Å². The molecule has 1 aromatic carbocycles. The number of benzene rings is 1. The lowest BCUT2D eigenvalue weighted by Crippen LogP contribution is -2.48. The monoisotopic (exact) mass is 358 g/mol. The topological polar surface area (TPSA) is 59.3 Å². The predicted molar refractivity (Wildman–Crippen MR) is 101 cm³/mol. The van der Waals surface area contributed by atoms with Gasteiger partial charge in [0.15, 0.2) is 5.82 Å². The van der Waals surface area contributed by atoms with Crippen LogP contribution in [0.3, 0.4) is 0 Å². The summed E-state index contributed by atoms with van der Waals surface area (Å²) in [5.41, 5.74) is 0.921. The molecule has 0 saturated carbocycles. The molecule has 0 unspecified atom stereocenters. The molecule has 1 aromatic heterocycles. The number of hydrogen-bond donors (Lipinski definition) is 0. The zero-order chi connectivity index (χ0) is 18.7. The lowest BCUT2D eigenvalue weighted by molar-refractivity contribution is 0.105. The van der Waals surface area contributed by atoms with Crippen molar-refractivity contribution in [2.75, 3.05) is 39.8 Å². The molecule has 3 rings (SSSR count). The molecule has 2 heterocycles. The Hall–Kier alpha value is -1.99. The van der Waals surface area contributed by atoms with E-state index in [2.05, 4.69) is 65.2 Å². The molecule has 0 aliphatic carbocycles. The number of aromatic nitrogens is 4. The highest BCUT2D eigenvalue weighted by atomic mass is 16.5. The second kappa shape index (κ2) is 7.72. The molecule has 7 heteroatoms. The number of para-hydroxylation sites is 1. The van der Waals surface area contributed by atoms with Gasteiger partial charge in [-0.3, -0.25) is 4.90 Å². The highest BCUT2D eigenvalue weighted by molar-refractivity contribution is 5.39.